The number of carbonyl (C=O) groups excluding carboxylic acids is 1. The molecule has 0 unspecified atom stereocenters. The topological polar surface area (TPSA) is 67.3 Å². The molecular weight excluding hydrogens is 396 g/mol. The van der Waals surface area contributed by atoms with Crippen LogP contribution in [-0.2, 0) is 6.54 Å². The Balaban J connectivity index is 1.53. The van der Waals surface area contributed by atoms with Gasteiger partial charge < -0.3 is 15.0 Å². The summed E-state index contributed by atoms with van der Waals surface area (Å²) in [7, 11) is 0. The molecule has 6 nitrogen and oxygen atoms in total. The highest BCUT2D eigenvalue weighted by atomic mass is 32.1. The number of thiophene rings is 1. The SMILES string of the molecule is CCOc1ccc(CNC(=O)c2sc3ncnc(N4CCCCCC4)c3c2C)cc1. The molecule has 0 spiro atoms. The Morgan fingerprint density at radius 2 is 1.87 bits per heavy atom. The lowest BCUT2D eigenvalue weighted by Crippen LogP contribution is -2.25. The highest BCUT2D eigenvalue weighted by Gasteiger charge is 2.22. The molecule has 3 aromatic rings. The summed E-state index contributed by atoms with van der Waals surface area (Å²) in [4.78, 5) is 25.9. The van der Waals surface area contributed by atoms with E-state index in [2.05, 4.69) is 20.2 Å². The first-order chi connectivity index (χ1) is 14.7. The minimum atomic E-state index is -0.0637. The number of benzene rings is 1. The summed E-state index contributed by atoms with van der Waals surface area (Å²) < 4.78 is 5.47. The maximum Gasteiger partial charge on any atom is 0.261 e. The lowest BCUT2D eigenvalue weighted by molar-refractivity contribution is 0.0954. The van der Waals surface area contributed by atoms with Gasteiger partial charge in [-0.05, 0) is 49.9 Å². The molecule has 1 fully saturated rings. The van der Waals surface area contributed by atoms with Crippen LogP contribution in [0, 0.1) is 6.92 Å². The zero-order valence-corrected chi connectivity index (χ0v) is 18.4. The van der Waals surface area contributed by atoms with Gasteiger partial charge in [0.05, 0.1) is 16.9 Å². The van der Waals surface area contributed by atoms with E-state index < -0.39 is 0 Å². The van der Waals surface area contributed by atoms with Crippen molar-refractivity contribution >= 4 is 33.3 Å². The fraction of sp³-hybridized carbons (Fsp3) is 0.435. The molecule has 0 saturated carbocycles. The first kappa shape index (κ1) is 20.6. The van der Waals surface area contributed by atoms with Gasteiger partial charge in [0.1, 0.15) is 22.7 Å². The molecule has 1 amide bonds. The van der Waals surface area contributed by atoms with E-state index in [1.165, 1.54) is 37.0 Å². The van der Waals surface area contributed by atoms with E-state index in [-0.39, 0.29) is 5.91 Å². The smallest absolute Gasteiger partial charge is 0.261 e. The van der Waals surface area contributed by atoms with E-state index in [1.54, 1.807) is 6.33 Å². The number of anilines is 1. The average molecular weight is 425 g/mol. The molecule has 0 atom stereocenters. The lowest BCUT2D eigenvalue weighted by atomic mass is 10.1. The Hall–Kier alpha value is -2.67. The van der Waals surface area contributed by atoms with Crippen molar-refractivity contribution in [1.29, 1.82) is 0 Å². The van der Waals surface area contributed by atoms with Gasteiger partial charge in [0.25, 0.3) is 5.91 Å². The van der Waals surface area contributed by atoms with Crippen LogP contribution in [0.5, 0.6) is 5.75 Å². The standard InChI is InChI=1S/C23H28N4O2S/c1-3-29-18-10-8-17(9-11-18)14-24-22(28)20-16(2)19-21(25-15-26-23(19)30-20)27-12-6-4-5-7-13-27/h8-11,15H,3-7,12-14H2,1-2H3,(H,24,28). The molecule has 0 radical (unpaired) electrons. The minimum Gasteiger partial charge on any atom is -0.494 e. The fourth-order valence-electron chi connectivity index (χ4n) is 3.92. The van der Waals surface area contributed by atoms with Crippen LogP contribution >= 0.6 is 11.3 Å². The Bertz CT molecular complexity index is 1010. The summed E-state index contributed by atoms with van der Waals surface area (Å²) in [6.45, 7) is 7.12. The van der Waals surface area contributed by atoms with Gasteiger partial charge in [0, 0.05) is 19.6 Å². The zero-order chi connectivity index (χ0) is 20.9. The third-order valence-electron chi connectivity index (χ3n) is 5.51. The number of carbonyl (C=O) groups is 1. The molecule has 0 bridgehead atoms. The predicted molar refractivity (Wildman–Crippen MR) is 122 cm³/mol. The number of hydrogen-bond acceptors (Lipinski definition) is 6. The van der Waals surface area contributed by atoms with Crippen molar-refractivity contribution in [2.24, 2.45) is 0 Å². The summed E-state index contributed by atoms with van der Waals surface area (Å²) in [5.41, 5.74) is 2.01. The summed E-state index contributed by atoms with van der Waals surface area (Å²) in [5.74, 6) is 1.75. The predicted octanol–water partition coefficient (Wildman–Crippen LogP) is 4.71. The lowest BCUT2D eigenvalue weighted by Gasteiger charge is -2.22. The van der Waals surface area contributed by atoms with E-state index in [1.807, 2.05) is 38.1 Å². The van der Waals surface area contributed by atoms with Crippen LogP contribution in [0.4, 0.5) is 5.82 Å². The second-order valence-electron chi connectivity index (χ2n) is 7.59. The number of aromatic nitrogens is 2. The molecular formula is C23H28N4O2S. The summed E-state index contributed by atoms with van der Waals surface area (Å²) >= 11 is 1.45. The van der Waals surface area contributed by atoms with E-state index >= 15 is 0 Å². The Kier molecular flexibility index (Phi) is 6.47. The zero-order valence-electron chi connectivity index (χ0n) is 17.6. The molecule has 30 heavy (non-hydrogen) atoms. The van der Waals surface area contributed by atoms with Gasteiger partial charge in [-0.25, -0.2) is 9.97 Å². The quantitative estimate of drug-likeness (QED) is 0.621. The number of amides is 1. The van der Waals surface area contributed by atoms with Gasteiger partial charge in [-0.2, -0.15) is 0 Å². The van der Waals surface area contributed by atoms with Crippen LogP contribution in [0.15, 0.2) is 30.6 Å². The molecule has 4 rings (SSSR count). The molecule has 1 N–H and O–H groups in total. The number of rotatable bonds is 6. The average Bonchev–Trinajstić information content (AvgIpc) is 2.94. The van der Waals surface area contributed by atoms with Gasteiger partial charge in [-0.3, -0.25) is 4.79 Å². The van der Waals surface area contributed by atoms with Gasteiger partial charge in [0.2, 0.25) is 0 Å². The van der Waals surface area contributed by atoms with Crippen LogP contribution in [0.25, 0.3) is 10.2 Å². The third kappa shape index (κ3) is 4.41. The van der Waals surface area contributed by atoms with Gasteiger partial charge in [-0.1, -0.05) is 25.0 Å². The molecule has 1 aliphatic heterocycles. The Morgan fingerprint density at radius 1 is 1.13 bits per heavy atom. The van der Waals surface area contributed by atoms with Crippen LogP contribution in [0.2, 0.25) is 0 Å². The van der Waals surface area contributed by atoms with Crippen molar-refractivity contribution in [1.82, 2.24) is 15.3 Å². The highest BCUT2D eigenvalue weighted by molar-refractivity contribution is 7.20. The summed E-state index contributed by atoms with van der Waals surface area (Å²) in [6, 6.07) is 7.81. The number of aryl methyl sites for hydroxylation is 1. The second kappa shape index (κ2) is 9.43. The molecule has 158 valence electrons. The molecule has 7 heteroatoms. The van der Waals surface area contributed by atoms with E-state index in [4.69, 9.17) is 4.74 Å². The number of nitrogens with one attached hydrogen (secondary N) is 1. The van der Waals surface area contributed by atoms with Crippen LogP contribution in [-0.4, -0.2) is 35.6 Å². The Morgan fingerprint density at radius 3 is 2.57 bits per heavy atom. The van der Waals surface area contributed by atoms with Crippen molar-refractivity contribution in [3.63, 3.8) is 0 Å². The Labute approximate surface area is 181 Å². The molecule has 0 aliphatic carbocycles. The van der Waals surface area contributed by atoms with Crippen molar-refractivity contribution in [3.8, 4) is 5.75 Å². The monoisotopic (exact) mass is 424 g/mol. The van der Waals surface area contributed by atoms with E-state index in [9.17, 15) is 4.79 Å². The molecule has 2 aromatic heterocycles. The summed E-state index contributed by atoms with van der Waals surface area (Å²) in [5, 5.41) is 4.07. The normalized spacial score (nSPS) is 14.5. The maximum absolute atomic E-state index is 12.9. The minimum absolute atomic E-state index is 0.0637. The first-order valence-corrected chi connectivity index (χ1v) is 11.5. The van der Waals surface area contributed by atoms with Crippen LogP contribution < -0.4 is 15.0 Å². The number of ether oxygens (including phenoxy) is 1. The fourth-order valence-corrected chi connectivity index (χ4v) is 4.98. The summed E-state index contributed by atoms with van der Waals surface area (Å²) in [6.07, 6.45) is 6.54. The molecule has 1 aromatic carbocycles. The van der Waals surface area contributed by atoms with Crippen molar-refractivity contribution < 1.29 is 9.53 Å². The number of hydrogen-bond donors (Lipinski definition) is 1. The second-order valence-corrected chi connectivity index (χ2v) is 8.59. The van der Waals surface area contributed by atoms with Crippen LogP contribution in [0.1, 0.15) is 53.4 Å². The van der Waals surface area contributed by atoms with Crippen LogP contribution in [0.3, 0.4) is 0 Å². The van der Waals surface area contributed by atoms with Gasteiger partial charge >= 0.3 is 0 Å². The maximum atomic E-state index is 12.9. The number of nitrogens with zero attached hydrogens (tertiary/aromatic N) is 3. The molecule has 1 aliphatic rings. The largest absolute Gasteiger partial charge is 0.494 e. The van der Waals surface area contributed by atoms with Crippen molar-refractivity contribution in [2.75, 3.05) is 24.6 Å². The van der Waals surface area contributed by atoms with Crippen molar-refractivity contribution in [3.05, 3.63) is 46.6 Å². The van der Waals surface area contributed by atoms with Gasteiger partial charge in [-0.15, -0.1) is 11.3 Å². The number of fused-ring (bicyclic) bond motifs is 1. The molecule has 3 heterocycles. The third-order valence-corrected chi connectivity index (χ3v) is 6.70. The van der Waals surface area contributed by atoms with Gasteiger partial charge in [0.15, 0.2) is 0 Å². The highest BCUT2D eigenvalue weighted by Crippen LogP contribution is 2.35. The first-order valence-electron chi connectivity index (χ1n) is 10.7. The van der Waals surface area contributed by atoms with Crippen molar-refractivity contribution in [2.45, 2.75) is 46.1 Å². The van der Waals surface area contributed by atoms with E-state index in [0.717, 1.165) is 46.0 Å². The molecule has 1 saturated heterocycles. The van der Waals surface area contributed by atoms with E-state index in [0.29, 0.717) is 18.0 Å².